The molecule has 0 bridgehead atoms. The minimum Gasteiger partial charge on any atom is -0.484 e. The van der Waals surface area contributed by atoms with Crippen molar-refractivity contribution < 1.29 is 4.74 Å². The zero-order valence-corrected chi connectivity index (χ0v) is 10.5. The number of rotatable bonds is 5. The van der Waals surface area contributed by atoms with E-state index in [0.29, 0.717) is 18.1 Å². The average molecular weight is 253 g/mol. The Hall–Kier alpha value is -1.76. The molecule has 0 aliphatic carbocycles. The highest BCUT2D eigenvalue weighted by atomic mass is 32.1. The summed E-state index contributed by atoms with van der Waals surface area (Å²) in [6, 6.07) is 1.90. The Kier molecular flexibility index (Phi) is 3.48. The average Bonchev–Trinajstić information content (AvgIpc) is 2.88. The molecule has 0 aliphatic rings. The summed E-state index contributed by atoms with van der Waals surface area (Å²) in [6.45, 7) is 4.54. The van der Waals surface area contributed by atoms with Crippen molar-refractivity contribution in [1.82, 2.24) is 14.6 Å². The summed E-state index contributed by atoms with van der Waals surface area (Å²) >= 11 is 1.29. The van der Waals surface area contributed by atoms with E-state index in [-0.39, 0.29) is 6.10 Å². The molecule has 0 spiro atoms. The highest BCUT2D eigenvalue weighted by Crippen LogP contribution is 2.35. The highest BCUT2D eigenvalue weighted by Gasteiger charge is 2.14. The minimum atomic E-state index is 0.0707. The number of anilines is 2. The molecule has 2 heterocycles. The fraction of sp³-hybridized carbons (Fsp3) is 0.400. The fourth-order valence-corrected chi connectivity index (χ4v) is 1.96. The van der Waals surface area contributed by atoms with Crippen LogP contribution in [0, 0.1) is 0 Å². The molecule has 17 heavy (non-hydrogen) atoms. The van der Waals surface area contributed by atoms with Crippen molar-refractivity contribution >= 4 is 22.4 Å². The lowest BCUT2D eigenvalue weighted by molar-refractivity contribution is 0.245. The van der Waals surface area contributed by atoms with Crippen molar-refractivity contribution in [3.8, 4) is 5.75 Å². The van der Waals surface area contributed by atoms with Gasteiger partial charge in [-0.2, -0.15) is 9.47 Å². The molecule has 0 fully saturated rings. The molecule has 0 saturated heterocycles. The van der Waals surface area contributed by atoms with Crippen LogP contribution in [0.5, 0.6) is 5.75 Å². The number of nitrogens with one attached hydrogen (secondary N) is 2. The number of H-pyrrole nitrogens is 1. The molecule has 92 valence electrons. The first-order chi connectivity index (χ1) is 8.16. The Morgan fingerprint density at radius 1 is 1.59 bits per heavy atom. The van der Waals surface area contributed by atoms with Crippen LogP contribution in [0.25, 0.3) is 0 Å². The van der Waals surface area contributed by atoms with E-state index in [2.05, 4.69) is 19.9 Å². The number of nitrogen functional groups attached to an aromatic ring is 1. The van der Waals surface area contributed by atoms with Crippen molar-refractivity contribution in [2.45, 2.75) is 26.5 Å². The molecule has 7 heteroatoms. The number of nitrogens with zero attached hydrogens (tertiary/aromatic N) is 2. The SMILES string of the molecule is CC(C)Oc1c(N)nsc1NCc1ccn[nH]1. The van der Waals surface area contributed by atoms with Crippen molar-refractivity contribution in [1.29, 1.82) is 0 Å². The van der Waals surface area contributed by atoms with Crippen LogP contribution in [0.1, 0.15) is 19.5 Å². The van der Waals surface area contributed by atoms with Crippen molar-refractivity contribution in [2.75, 3.05) is 11.1 Å². The van der Waals surface area contributed by atoms with Crippen molar-refractivity contribution in [2.24, 2.45) is 0 Å². The first-order valence-electron chi connectivity index (χ1n) is 5.30. The molecule has 0 atom stereocenters. The quantitative estimate of drug-likeness (QED) is 0.756. The Labute approximate surface area is 103 Å². The topological polar surface area (TPSA) is 88.8 Å². The van der Waals surface area contributed by atoms with E-state index >= 15 is 0 Å². The second-order valence-corrected chi connectivity index (χ2v) is 4.60. The lowest BCUT2D eigenvalue weighted by Gasteiger charge is -2.11. The zero-order chi connectivity index (χ0) is 12.3. The van der Waals surface area contributed by atoms with Gasteiger partial charge in [-0.3, -0.25) is 5.10 Å². The Bertz CT molecular complexity index is 465. The number of hydrogen-bond donors (Lipinski definition) is 3. The van der Waals surface area contributed by atoms with Gasteiger partial charge in [0, 0.05) is 6.20 Å². The molecule has 0 aromatic carbocycles. The summed E-state index contributed by atoms with van der Waals surface area (Å²) in [4.78, 5) is 0. The van der Waals surface area contributed by atoms with Crippen LogP contribution in [-0.2, 0) is 6.54 Å². The number of aromatic nitrogens is 3. The maximum Gasteiger partial charge on any atom is 0.197 e. The number of hydrogen-bond acceptors (Lipinski definition) is 6. The lowest BCUT2D eigenvalue weighted by Crippen LogP contribution is -2.08. The Balaban J connectivity index is 2.05. The summed E-state index contributed by atoms with van der Waals surface area (Å²) in [5.74, 6) is 1.06. The third kappa shape index (κ3) is 2.88. The van der Waals surface area contributed by atoms with Gasteiger partial charge in [-0.1, -0.05) is 0 Å². The van der Waals surface area contributed by atoms with Gasteiger partial charge in [0.1, 0.15) is 0 Å². The largest absolute Gasteiger partial charge is 0.484 e. The zero-order valence-electron chi connectivity index (χ0n) is 9.73. The molecule has 0 saturated carbocycles. The van der Waals surface area contributed by atoms with Crippen LogP contribution in [-0.4, -0.2) is 20.7 Å². The number of aromatic amines is 1. The van der Waals surface area contributed by atoms with Gasteiger partial charge in [0.25, 0.3) is 0 Å². The molecule has 2 aromatic rings. The predicted octanol–water partition coefficient (Wildman–Crippen LogP) is 1.85. The van der Waals surface area contributed by atoms with E-state index in [0.717, 1.165) is 10.7 Å². The van der Waals surface area contributed by atoms with Crippen LogP contribution in [0.3, 0.4) is 0 Å². The number of ether oxygens (including phenoxy) is 1. The first-order valence-corrected chi connectivity index (χ1v) is 6.08. The molecule has 0 aliphatic heterocycles. The standard InChI is InChI=1S/C10H15N5OS/c1-6(2)16-8-9(11)15-17-10(8)12-5-7-3-4-13-14-7/h3-4,6,12H,5H2,1-2H3,(H2,11,15)(H,13,14). The summed E-state index contributed by atoms with van der Waals surface area (Å²) in [7, 11) is 0. The normalized spacial score (nSPS) is 10.8. The Morgan fingerprint density at radius 2 is 2.41 bits per heavy atom. The summed E-state index contributed by atoms with van der Waals surface area (Å²) < 4.78 is 9.70. The monoisotopic (exact) mass is 253 g/mol. The van der Waals surface area contributed by atoms with Crippen LogP contribution >= 0.6 is 11.5 Å². The second kappa shape index (κ2) is 5.05. The van der Waals surface area contributed by atoms with Crippen LogP contribution in [0.4, 0.5) is 10.8 Å². The fourth-order valence-electron chi connectivity index (χ4n) is 1.31. The van der Waals surface area contributed by atoms with Crippen molar-refractivity contribution in [3.63, 3.8) is 0 Å². The predicted molar refractivity (Wildman–Crippen MR) is 68.2 cm³/mol. The first kappa shape index (κ1) is 11.7. The van der Waals surface area contributed by atoms with Crippen molar-refractivity contribution in [3.05, 3.63) is 18.0 Å². The third-order valence-corrected chi connectivity index (χ3v) is 2.83. The molecule has 6 nitrogen and oxygen atoms in total. The van der Waals surface area contributed by atoms with Gasteiger partial charge in [-0.15, -0.1) is 0 Å². The van der Waals surface area contributed by atoms with Gasteiger partial charge in [0.2, 0.25) is 0 Å². The highest BCUT2D eigenvalue weighted by molar-refractivity contribution is 7.11. The third-order valence-electron chi connectivity index (χ3n) is 2.03. The Morgan fingerprint density at radius 3 is 3.06 bits per heavy atom. The molecular weight excluding hydrogens is 238 g/mol. The molecular formula is C10H15N5OS. The molecule has 2 aromatic heterocycles. The van der Waals surface area contributed by atoms with Gasteiger partial charge < -0.3 is 15.8 Å². The van der Waals surface area contributed by atoms with Gasteiger partial charge in [-0.25, -0.2) is 0 Å². The minimum absolute atomic E-state index is 0.0707. The number of nitrogens with two attached hydrogens (primary N) is 1. The summed E-state index contributed by atoms with van der Waals surface area (Å²) in [5, 5.41) is 10.8. The van der Waals surface area contributed by atoms with E-state index in [9.17, 15) is 0 Å². The molecule has 0 amide bonds. The molecule has 4 N–H and O–H groups in total. The molecule has 0 radical (unpaired) electrons. The van der Waals surface area contributed by atoms with Gasteiger partial charge >= 0.3 is 0 Å². The molecule has 2 rings (SSSR count). The summed E-state index contributed by atoms with van der Waals surface area (Å²) in [6.07, 6.45) is 1.78. The maximum atomic E-state index is 5.75. The van der Waals surface area contributed by atoms with Gasteiger partial charge in [0.15, 0.2) is 16.6 Å². The van der Waals surface area contributed by atoms with E-state index in [1.807, 2.05) is 19.9 Å². The van der Waals surface area contributed by atoms with Crippen LogP contribution < -0.4 is 15.8 Å². The van der Waals surface area contributed by atoms with E-state index < -0.39 is 0 Å². The van der Waals surface area contributed by atoms with Crippen LogP contribution in [0.15, 0.2) is 12.3 Å². The van der Waals surface area contributed by atoms with Crippen LogP contribution in [0.2, 0.25) is 0 Å². The lowest BCUT2D eigenvalue weighted by atomic mass is 10.4. The smallest absolute Gasteiger partial charge is 0.197 e. The second-order valence-electron chi connectivity index (χ2n) is 3.83. The van der Waals surface area contributed by atoms with E-state index in [4.69, 9.17) is 10.5 Å². The van der Waals surface area contributed by atoms with Gasteiger partial charge in [-0.05, 0) is 31.4 Å². The van der Waals surface area contributed by atoms with Gasteiger partial charge in [0.05, 0.1) is 18.3 Å². The van der Waals surface area contributed by atoms with E-state index in [1.54, 1.807) is 6.20 Å². The maximum absolute atomic E-state index is 5.75. The summed E-state index contributed by atoms with van der Waals surface area (Å²) in [5.41, 5.74) is 6.75. The molecule has 0 unspecified atom stereocenters. The van der Waals surface area contributed by atoms with E-state index in [1.165, 1.54) is 11.5 Å².